The van der Waals surface area contributed by atoms with E-state index >= 15 is 0 Å². The molecule has 108 valence electrons. The van der Waals surface area contributed by atoms with Crippen molar-refractivity contribution in [2.75, 3.05) is 0 Å². The molecule has 0 spiro atoms. The number of fused-ring (bicyclic) bond motifs is 1. The Morgan fingerprint density at radius 1 is 1.48 bits per heavy atom. The molecule has 2 heterocycles. The second kappa shape index (κ2) is 5.84. The zero-order chi connectivity index (χ0) is 14.8. The molecule has 3 aromatic rings. The van der Waals surface area contributed by atoms with E-state index in [0.717, 1.165) is 20.8 Å². The van der Waals surface area contributed by atoms with Gasteiger partial charge in [0.25, 0.3) is 5.91 Å². The molecular weight excluding hydrogens is 306 g/mol. The summed E-state index contributed by atoms with van der Waals surface area (Å²) in [4.78, 5) is 16.8. The molecule has 0 aliphatic rings. The predicted molar refractivity (Wildman–Crippen MR) is 84.0 cm³/mol. The molecule has 21 heavy (non-hydrogen) atoms. The van der Waals surface area contributed by atoms with Crippen LogP contribution < -0.4 is 11.3 Å². The topological polar surface area (TPSA) is 85.8 Å². The van der Waals surface area contributed by atoms with Gasteiger partial charge in [-0.1, -0.05) is 30.0 Å². The normalized spacial score (nSPS) is 11.0. The number of amides is 1. The van der Waals surface area contributed by atoms with Gasteiger partial charge >= 0.3 is 0 Å². The molecule has 0 saturated carbocycles. The molecule has 6 nitrogen and oxygen atoms in total. The Hall–Kier alpha value is -1.90. The average molecular weight is 319 g/mol. The largest absolute Gasteiger partial charge is 0.289 e. The number of nitrogens with two attached hydrogens (primary N) is 1. The van der Waals surface area contributed by atoms with Gasteiger partial charge in [0.1, 0.15) is 6.33 Å². The Kier molecular flexibility index (Phi) is 3.91. The van der Waals surface area contributed by atoms with Crippen molar-refractivity contribution in [2.45, 2.75) is 10.9 Å². The van der Waals surface area contributed by atoms with Crippen molar-refractivity contribution in [3.05, 3.63) is 41.0 Å². The van der Waals surface area contributed by atoms with Crippen LogP contribution in [0.25, 0.3) is 10.1 Å². The maximum absolute atomic E-state index is 12.0. The number of thiophene rings is 1. The van der Waals surface area contributed by atoms with Crippen LogP contribution in [0.4, 0.5) is 0 Å². The summed E-state index contributed by atoms with van der Waals surface area (Å²) in [6.07, 6.45) is 1.52. The highest BCUT2D eigenvalue weighted by atomic mass is 32.2. The minimum atomic E-state index is -0.259. The van der Waals surface area contributed by atoms with E-state index in [1.807, 2.05) is 31.3 Å². The summed E-state index contributed by atoms with van der Waals surface area (Å²) in [5, 5.41) is 5.93. The maximum atomic E-state index is 12.0. The highest BCUT2D eigenvalue weighted by Gasteiger charge is 2.18. The SMILES string of the molecule is Cn1ncnc1SCc1c(C(=O)NN)sc2ccccc12. The first kappa shape index (κ1) is 14.1. The number of nitrogens with zero attached hydrogens (tertiary/aromatic N) is 3. The second-order valence-electron chi connectivity index (χ2n) is 4.33. The minimum Gasteiger partial charge on any atom is -0.289 e. The molecular formula is C13H13N5OS2. The van der Waals surface area contributed by atoms with E-state index in [4.69, 9.17) is 5.84 Å². The molecule has 1 amide bonds. The molecule has 2 aromatic heterocycles. The van der Waals surface area contributed by atoms with Gasteiger partial charge in [0, 0.05) is 17.5 Å². The summed E-state index contributed by atoms with van der Waals surface area (Å²) in [7, 11) is 1.84. The number of nitrogen functional groups attached to an aromatic ring is 1. The van der Waals surface area contributed by atoms with E-state index in [1.165, 1.54) is 17.7 Å². The number of hydrazine groups is 1. The molecule has 0 fully saturated rings. The van der Waals surface area contributed by atoms with Crippen molar-refractivity contribution < 1.29 is 4.79 Å². The number of benzene rings is 1. The van der Waals surface area contributed by atoms with Crippen LogP contribution in [-0.2, 0) is 12.8 Å². The Morgan fingerprint density at radius 2 is 2.29 bits per heavy atom. The van der Waals surface area contributed by atoms with E-state index in [9.17, 15) is 4.79 Å². The zero-order valence-electron chi connectivity index (χ0n) is 11.2. The van der Waals surface area contributed by atoms with E-state index in [1.54, 1.807) is 16.4 Å². The third kappa shape index (κ3) is 2.65. The number of hydrogen-bond acceptors (Lipinski definition) is 6. The van der Waals surface area contributed by atoms with Crippen molar-refractivity contribution in [3.8, 4) is 0 Å². The number of hydrogen-bond donors (Lipinski definition) is 2. The lowest BCUT2D eigenvalue weighted by molar-refractivity contribution is 0.0957. The van der Waals surface area contributed by atoms with E-state index < -0.39 is 0 Å². The monoisotopic (exact) mass is 319 g/mol. The first-order valence-corrected chi connectivity index (χ1v) is 7.99. The van der Waals surface area contributed by atoms with Crippen molar-refractivity contribution in [1.29, 1.82) is 0 Å². The van der Waals surface area contributed by atoms with Crippen LogP contribution in [0, 0.1) is 0 Å². The number of carbonyl (C=O) groups is 1. The van der Waals surface area contributed by atoms with Crippen molar-refractivity contribution in [3.63, 3.8) is 0 Å². The average Bonchev–Trinajstić information content (AvgIpc) is 3.08. The fourth-order valence-corrected chi connectivity index (χ4v) is 4.19. The Bertz CT molecular complexity index is 795. The lowest BCUT2D eigenvalue weighted by Crippen LogP contribution is -2.29. The van der Waals surface area contributed by atoms with Crippen LogP contribution in [0.3, 0.4) is 0 Å². The molecule has 0 saturated heterocycles. The molecule has 8 heteroatoms. The second-order valence-corrected chi connectivity index (χ2v) is 6.33. The van der Waals surface area contributed by atoms with Gasteiger partial charge in [-0.25, -0.2) is 15.5 Å². The van der Waals surface area contributed by atoms with Gasteiger partial charge in [0.15, 0.2) is 5.16 Å². The third-order valence-electron chi connectivity index (χ3n) is 3.05. The minimum absolute atomic E-state index is 0.259. The number of thioether (sulfide) groups is 1. The molecule has 3 N–H and O–H groups in total. The molecule has 0 unspecified atom stereocenters. The summed E-state index contributed by atoms with van der Waals surface area (Å²) in [6, 6.07) is 7.95. The lowest BCUT2D eigenvalue weighted by Gasteiger charge is -2.03. The van der Waals surface area contributed by atoms with Crippen LogP contribution in [0.15, 0.2) is 35.7 Å². The van der Waals surface area contributed by atoms with Crippen LogP contribution in [0.2, 0.25) is 0 Å². The number of carbonyl (C=O) groups excluding carboxylic acids is 1. The Morgan fingerprint density at radius 3 is 3.00 bits per heavy atom. The molecule has 0 aliphatic carbocycles. The number of aryl methyl sites for hydroxylation is 1. The molecule has 0 aliphatic heterocycles. The fourth-order valence-electron chi connectivity index (χ4n) is 2.04. The van der Waals surface area contributed by atoms with Crippen LogP contribution in [-0.4, -0.2) is 20.7 Å². The molecule has 1 aromatic carbocycles. The van der Waals surface area contributed by atoms with Gasteiger partial charge < -0.3 is 0 Å². The van der Waals surface area contributed by atoms with E-state index in [-0.39, 0.29) is 5.91 Å². The van der Waals surface area contributed by atoms with E-state index in [2.05, 4.69) is 15.5 Å². The summed E-state index contributed by atoms with van der Waals surface area (Å²) < 4.78 is 2.78. The predicted octanol–water partition coefficient (Wildman–Crippen LogP) is 1.93. The highest BCUT2D eigenvalue weighted by Crippen LogP contribution is 2.35. The van der Waals surface area contributed by atoms with Crippen molar-refractivity contribution >= 4 is 39.1 Å². The number of aromatic nitrogens is 3. The van der Waals surface area contributed by atoms with Gasteiger partial charge in [-0.05, 0) is 17.0 Å². The van der Waals surface area contributed by atoms with Gasteiger partial charge in [-0.15, -0.1) is 11.3 Å². The molecule has 0 atom stereocenters. The van der Waals surface area contributed by atoms with Crippen molar-refractivity contribution in [2.24, 2.45) is 12.9 Å². The summed E-state index contributed by atoms with van der Waals surface area (Å²) in [5.41, 5.74) is 3.19. The number of nitrogens with one attached hydrogen (secondary N) is 1. The van der Waals surface area contributed by atoms with Gasteiger partial charge in [-0.2, -0.15) is 5.10 Å². The summed E-state index contributed by atoms with van der Waals surface area (Å²) in [5.74, 6) is 5.66. The summed E-state index contributed by atoms with van der Waals surface area (Å²) >= 11 is 2.99. The smallest absolute Gasteiger partial charge is 0.275 e. The van der Waals surface area contributed by atoms with Crippen molar-refractivity contribution in [1.82, 2.24) is 20.2 Å². The van der Waals surface area contributed by atoms with E-state index in [0.29, 0.717) is 10.6 Å². The van der Waals surface area contributed by atoms with Gasteiger partial charge in [0.05, 0.1) is 4.88 Å². The van der Waals surface area contributed by atoms with Crippen LogP contribution in [0.5, 0.6) is 0 Å². The molecule has 3 rings (SSSR count). The summed E-state index contributed by atoms with van der Waals surface area (Å²) in [6.45, 7) is 0. The Labute approximate surface area is 129 Å². The highest BCUT2D eigenvalue weighted by molar-refractivity contribution is 7.98. The van der Waals surface area contributed by atoms with Crippen LogP contribution >= 0.6 is 23.1 Å². The third-order valence-corrected chi connectivity index (χ3v) is 5.32. The van der Waals surface area contributed by atoms with Crippen LogP contribution in [0.1, 0.15) is 15.2 Å². The molecule has 0 radical (unpaired) electrons. The first-order valence-electron chi connectivity index (χ1n) is 6.19. The lowest BCUT2D eigenvalue weighted by atomic mass is 10.1. The maximum Gasteiger partial charge on any atom is 0.275 e. The zero-order valence-corrected chi connectivity index (χ0v) is 12.9. The quantitative estimate of drug-likeness (QED) is 0.332. The fraction of sp³-hybridized carbons (Fsp3) is 0.154. The van der Waals surface area contributed by atoms with Gasteiger partial charge in [0.2, 0.25) is 0 Å². The number of rotatable bonds is 4. The standard InChI is InChI=1S/C13H13N5OS2/c1-18-13(15-7-16-18)20-6-9-8-4-2-3-5-10(8)21-11(9)12(19)17-14/h2-5,7H,6,14H2,1H3,(H,17,19). The Balaban J connectivity index is 1.99. The van der Waals surface area contributed by atoms with Gasteiger partial charge in [-0.3, -0.25) is 10.2 Å². The molecule has 0 bridgehead atoms. The first-order chi connectivity index (χ1) is 10.2.